The molecule has 0 saturated heterocycles. The molecule has 0 aliphatic heterocycles. The van der Waals surface area contributed by atoms with Crippen molar-refractivity contribution in [1.29, 1.82) is 5.26 Å². The molecule has 3 nitrogen and oxygen atoms in total. The summed E-state index contributed by atoms with van der Waals surface area (Å²) in [5.41, 5.74) is 15.5. The summed E-state index contributed by atoms with van der Waals surface area (Å²) in [5, 5.41) is 9.73. The van der Waals surface area contributed by atoms with E-state index in [0.29, 0.717) is 5.82 Å². The van der Waals surface area contributed by atoms with Crippen molar-refractivity contribution < 1.29 is 0 Å². The maximum absolute atomic E-state index is 9.73. The summed E-state index contributed by atoms with van der Waals surface area (Å²) in [6.07, 6.45) is 4.63. The second kappa shape index (κ2) is 11.8. The Balaban J connectivity index is 1.18. The predicted molar refractivity (Wildman–Crippen MR) is 199 cm³/mol. The van der Waals surface area contributed by atoms with Crippen molar-refractivity contribution >= 4 is 0 Å². The number of rotatable bonds is 5. The van der Waals surface area contributed by atoms with Crippen LogP contribution in [0.1, 0.15) is 42.4 Å². The molecule has 232 valence electrons. The van der Waals surface area contributed by atoms with E-state index in [1.165, 1.54) is 46.2 Å². The molecule has 1 fully saturated rings. The number of nitrogens with zero attached hydrogens (tertiary/aromatic N) is 3. The van der Waals surface area contributed by atoms with Gasteiger partial charge in [0.2, 0.25) is 0 Å². The van der Waals surface area contributed by atoms with Gasteiger partial charge < -0.3 is 0 Å². The molecule has 7 aromatic rings. The zero-order valence-electron chi connectivity index (χ0n) is 27.1. The lowest BCUT2D eigenvalue weighted by Crippen LogP contribution is -2.20. The fourth-order valence-electron chi connectivity index (χ4n) is 8.12. The lowest BCUT2D eigenvalue weighted by atomic mass is 9.76. The Morgan fingerprint density at radius 2 is 0.959 bits per heavy atom. The van der Waals surface area contributed by atoms with Crippen LogP contribution in [0.5, 0.6) is 0 Å². The second-order valence-electron chi connectivity index (χ2n) is 13.2. The first kappa shape index (κ1) is 29.1. The molecule has 2 aliphatic carbocycles. The van der Waals surface area contributed by atoms with Gasteiger partial charge in [-0.1, -0.05) is 140 Å². The molecule has 0 unspecified atom stereocenters. The van der Waals surface area contributed by atoms with E-state index in [-0.39, 0.29) is 5.41 Å². The summed E-state index contributed by atoms with van der Waals surface area (Å²) in [4.78, 5) is 10.4. The first-order chi connectivity index (χ1) is 24.2. The topological polar surface area (TPSA) is 49.6 Å². The molecule has 2 aliphatic rings. The van der Waals surface area contributed by atoms with Gasteiger partial charge in [0.25, 0.3) is 0 Å². The van der Waals surface area contributed by atoms with Crippen LogP contribution in [0.25, 0.3) is 67.3 Å². The number of nitriles is 1. The second-order valence-corrected chi connectivity index (χ2v) is 13.2. The average Bonchev–Trinajstić information content (AvgIpc) is 3.78. The van der Waals surface area contributed by atoms with Crippen molar-refractivity contribution in [3.05, 3.63) is 168 Å². The molecule has 9 rings (SSSR count). The van der Waals surface area contributed by atoms with E-state index in [2.05, 4.69) is 140 Å². The number of benzene rings is 6. The van der Waals surface area contributed by atoms with Crippen LogP contribution in [0.2, 0.25) is 0 Å². The van der Waals surface area contributed by atoms with E-state index >= 15 is 0 Å². The lowest BCUT2D eigenvalue weighted by molar-refractivity contribution is 0.550. The van der Waals surface area contributed by atoms with E-state index in [4.69, 9.17) is 9.97 Å². The van der Waals surface area contributed by atoms with Gasteiger partial charge in [-0.25, -0.2) is 9.97 Å². The molecule has 1 heterocycles. The molecule has 0 radical (unpaired) electrons. The van der Waals surface area contributed by atoms with Crippen LogP contribution in [0.4, 0.5) is 0 Å². The van der Waals surface area contributed by atoms with Crippen LogP contribution in [-0.2, 0) is 5.41 Å². The van der Waals surface area contributed by atoms with Crippen molar-refractivity contribution in [3.63, 3.8) is 0 Å². The molecular formula is C46H33N3. The highest BCUT2D eigenvalue weighted by molar-refractivity contribution is 5.88. The van der Waals surface area contributed by atoms with Gasteiger partial charge in [0.15, 0.2) is 5.82 Å². The van der Waals surface area contributed by atoms with Crippen molar-refractivity contribution in [2.75, 3.05) is 0 Å². The summed E-state index contributed by atoms with van der Waals surface area (Å²) in [6, 6.07) is 55.7. The SMILES string of the molecule is N#Cc1ccc2c(c1)C1(CCCC1)c1cc(-c3ccccc3-c3nc(-c4ccccc4)cc(-c4ccc(-c5ccccc5)cc4)n3)ccc1-2. The van der Waals surface area contributed by atoms with Gasteiger partial charge in [0.05, 0.1) is 23.0 Å². The lowest BCUT2D eigenvalue weighted by Gasteiger charge is -2.27. The first-order valence-electron chi connectivity index (χ1n) is 17.1. The fourth-order valence-corrected chi connectivity index (χ4v) is 8.12. The van der Waals surface area contributed by atoms with E-state index in [1.54, 1.807) is 0 Å². The van der Waals surface area contributed by atoms with Gasteiger partial charge in [-0.05, 0) is 81.6 Å². The minimum absolute atomic E-state index is 0.0364. The van der Waals surface area contributed by atoms with Crippen LogP contribution < -0.4 is 0 Å². The standard InChI is InChI=1S/C46H33N3/c47-30-31-17-23-38-39-24-22-36(28-42(39)46(41(38)27-31)25-9-10-26-46)37-15-7-8-16-40(37)45-48-43(34-13-5-2-6-14-34)29-44(49-45)35-20-18-33(19-21-35)32-11-3-1-4-12-32/h1-8,11-24,27-29H,9-10,25-26H2. The van der Waals surface area contributed by atoms with Crippen LogP contribution in [0.3, 0.4) is 0 Å². The molecular weight excluding hydrogens is 595 g/mol. The molecule has 1 spiro atoms. The minimum Gasteiger partial charge on any atom is -0.228 e. The zero-order chi connectivity index (χ0) is 32.8. The molecule has 49 heavy (non-hydrogen) atoms. The van der Waals surface area contributed by atoms with Crippen molar-refractivity contribution in [2.24, 2.45) is 0 Å². The Morgan fingerprint density at radius 1 is 0.449 bits per heavy atom. The predicted octanol–water partition coefficient (Wildman–Crippen LogP) is 11.5. The molecule has 0 amide bonds. The Bertz CT molecular complexity index is 2380. The van der Waals surface area contributed by atoms with Crippen LogP contribution in [-0.4, -0.2) is 9.97 Å². The Kier molecular flexibility index (Phi) is 7.03. The maximum Gasteiger partial charge on any atom is 0.161 e. The third-order valence-corrected chi connectivity index (χ3v) is 10.5. The molecule has 0 atom stereocenters. The highest BCUT2D eigenvalue weighted by atomic mass is 14.9. The molecule has 6 aromatic carbocycles. The van der Waals surface area contributed by atoms with Gasteiger partial charge in [-0.2, -0.15) is 5.26 Å². The number of aromatic nitrogens is 2. The fraction of sp³-hybridized carbons (Fsp3) is 0.109. The van der Waals surface area contributed by atoms with E-state index in [9.17, 15) is 5.26 Å². The number of hydrogen-bond acceptors (Lipinski definition) is 3. The van der Waals surface area contributed by atoms with Crippen LogP contribution >= 0.6 is 0 Å². The van der Waals surface area contributed by atoms with Crippen LogP contribution in [0, 0.1) is 11.3 Å². The first-order valence-corrected chi connectivity index (χ1v) is 17.1. The third-order valence-electron chi connectivity index (χ3n) is 10.5. The quantitative estimate of drug-likeness (QED) is 0.191. The highest BCUT2D eigenvalue weighted by Gasteiger charge is 2.45. The summed E-state index contributed by atoms with van der Waals surface area (Å²) in [5.74, 6) is 0.706. The Hall–Kier alpha value is -6.11. The summed E-state index contributed by atoms with van der Waals surface area (Å²) >= 11 is 0. The summed E-state index contributed by atoms with van der Waals surface area (Å²) < 4.78 is 0. The van der Waals surface area contributed by atoms with E-state index < -0.39 is 0 Å². The number of hydrogen-bond donors (Lipinski definition) is 0. The van der Waals surface area contributed by atoms with Crippen molar-refractivity contribution in [2.45, 2.75) is 31.1 Å². The smallest absolute Gasteiger partial charge is 0.161 e. The molecule has 1 saturated carbocycles. The van der Waals surface area contributed by atoms with E-state index in [1.807, 2.05) is 18.2 Å². The summed E-state index contributed by atoms with van der Waals surface area (Å²) in [6.45, 7) is 0. The molecule has 0 N–H and O–H groups in total. The monoisotopic (exact) mass is 627 g/mol. The van der Waals surface area contributed by atoms with Gasteiger partial charge in [-0.3, -0.25) is 0 Å². The Morgan fingerprint density at radius 3 is 1.63 bits per heavy atom. The molecule has 3 heteroatoms. The van der Waals surface area contributed by atoms with Crippen molar-refractivity contribution in [1.82, 2.24) is 9.97 Å². The highest BCUT2D eigenvalue weighted by Crippen LogP contribution is 2.57. The normalized spacial score (nSPS) is 13.9. The largest absolute Gasteiger partial charge is 0.228 e. The van der Waals surface area contributed by atoms with Gasteiger partial charge in [0.1, 0.15) is 0 Å². The minimum atomic E-state index is -0.0364. The van der Waals surface area contributed by atoms with E-state index in [0.717, 1.165) is 57.6 Å². The van der Waals surface area contributed by atoms with Crippen molar-refractivity contribution in [3.8, 4) is 73.4 Å². The van der Waals surface area contributed by atoms with Gasteiger partial charge >= 0.3 is 0 Å². The van der Waals surface area contributed by atoms with Crippen LogP contribution in [0.15, 0.2) is 152 Å². The number of fused-ring (bicyclic) bond motifs is 5. The Labute approximate surface area is 287 Å². The van der Waals surface area contributed by atoms with Gasteiger partial charge in [0, 0.05) is 22.1 Å². The molecule has 0 bridgehead atoms. The van der Waals surface area contributed by atoms with Gasteiger partial charge in [-0.15, -0.1) is 0 Å². The average molecular weight is 628 g/mol. The molecule has 1 aromatic heterocycles. The summed E-state index contributed by atoms with van der Waals surface area (Å²) in [7, 11) is 0. The maximum atomic E-state index is 9.73. The third kappa shape index (κ3) is 4.96. The zero-order valence-corrected chi connectivity index (χ0v) is 27.1.